The van der Waals surface area contributed by atoms with Crippen LogP contribution in [0.5, 0.6) is 0 Å². The first-order valence-corrected chi connectivity index (χ1v) is 13.6. The van der Waals surface area contributed by atoms with Crippen molar-refractivity contribution in [3.63, 3.8) is 0 Å². The molecule has 0 saturated heterocycles. The molecule has 5 aromatic rings. The van der Waals surface area contributed by atoms with Gasteiger partial charge in [-0.15, -0.1) is 0 Å². The van der Waals surface area contributed by atoms with Crippen molar-refractivity contribution in [2.24, 2.45) is 0 Å². The lowest BCUT2D eigenvalue weighted by molar-refractivity contribution is -0.115. The lowest BCUT2D eigenvalue weighted by Crippen LogP contribution is -2.32. The molecular weight excluding hydrogens is 680 g/mol. The van der Waals surface area contributed by atoms with Gasteiger partial charge in [-0.05, 0) is 102 Å². The number of furan rings is 1. The van der Waals surface area contributed by atoms with Crippen LogP contribution in [0.1, 0.15) is 5.76 Å². The van der Waals surface area contributed by atoms with E-state index >= 15 is 0 Å². The maximum absolute atomic E-state index is 12.4. The molecule has 0 bridgehead atoms. The summed E-state index contributed by atoms with van der Waals surface area (Å²) in [4.78, 5) is 16.9. The molecule has 0 saturated carbocycles. The zero-order valence-electron chi connectivity index (χ0n) is 19.1. The highest BCUT2D eigenvalue weighted by atomic mass is 127. The Hall–Kier alpha value is -2.89. The summed E-state index contributed by atoms with van der Waals surface area (Å²) in [5.74, 6) is 0.982. The number of aromatic nitrogens is 1. The third-order valence-corrected chi connectivity index (χ3v) is 7.31. The fraction of sp³-hybridized carbons (Fsp3) is 0. The molecule has 38 heavy (non-hydrogen) atoms. The molecule has 6 nitrogen and oxygen atoms in total. The van der Waals surface area contributed by atoms with Crippen LogP contribution in [0.4, 0.5) is 5.69 Å². The van der Waals surface area contributed by atoms with Gasteiger partial charge in [0.05, 0.1) is 20.6 Å². The van der Waals surface area contributed by atoms with Gasteiger partial charge in [0.25, 0.3) is 0 Å². The molecule has 0 spiro atoms. The number of hydrogen-bond acceptors (Lipinski definition) is 5. The molecule has 0 aliphatic carbocycles. The number of oxazole rings is 1. The third-order valence-electron chi connectivity index (χ3n) is 5.28. The third kappa shape index (κ3) is 6.05. The first-order chi connectivity index (χ1) is 18.3. The minimum atomic E-state index is -0.431. The Labute approximate surface area is 251 Å². The monoisotopic (exact) mass is 693 g/mol. The number of rotatable bonds is 5. The topological polar surface area (TPSA) is 80.3 Å². The second kappa shape index (κ2) is 11.5. The van der Waals surface area contributed by atoms with Gasteiger partial charge in [-0.25, -0.2) is 4.98 Å². The van der Waals surface area contributed by atoms with Gasteiger partial charge >= 0.3 is 0 Å². The van der Waals surface area contributed by atoms with Gasteiger partial charge in [-0.3, -0.25) is 10.1 Å². The SMILES string of the molecule is O=C(C=Cc1ccc(-c2cccc(Cl)c2Cl)o1)NC(=S)Nc1ccc2oc(-c3cc(I)ccc3Cl)nc2c1. The summed E-state index contributed by atoms with van der Waals surface area (Å²) in [6.07, 6.45) is 2.84. The number of carbonyl (C=O) groups is 1. The Morgan fingerprint density at radius 2 is 1.79 bits per heavy atom. The molecule has 0 aliphatic rings. The Morgan fingerprint density at radius 3 is 2.63 bits per heavy atom. The summed E-state index contributed by atoms with van der Waals surface area (Å²) in [5, 5.41) is 7.06. The van der Waals surface area contributed by atoms with E-state index in [0.717, 1.165) is 3.57 Å². The summed E-state index contributed by atoms with van der Waals surface area (Å²) in [6.45, 7) is 0. The summed E-state index contributed by atoms with van der Waals surface area (Å²) < 4.78 is 12.6. The van der Waals surface area contributed by atoms with Gasteiger partial charge < -0.3 is 14.2 Å². The van der Waals surface area contributed by atoms with Crippen LogP contribution in [0.3, 0.4) is 0 Å². The standard InChI is InChI=1S/C27H15Cl3IN3O3S/c28-19-8-4-14(31)12-18(19)26-33-21-13-15(5-9-23(21)37-26)32-27(38)34-24(35)11-7-16-6-10-22(36-16)17-2-1-3-20(29)25(17)30/h1-13H,(H2,32,34,35,38). The van der Waals surface area contributed by atoms with E-state index in [1.54, 1.807) is 54.6 Å². The van der Waals surface area contributed by atoms with Crippen LogP contribution < -0.4 is 10.6 Å². The number of nitrogens with zero attached hydrogens (tertiary/aromatic N) is 1. The highest BCUT2D eigenvalue weighted by molar-refractivity contribution is 14.1. The first kappa shape index (κ1) is 26.7. The van der Waals surface area contributed by atoms with E-state index in [0.29, 0.717) is 60.4 Å². The Balaban J connectivity index is 1.22. The van der Waals surface area contributed by atoms with Crippen molar-refractivity contribution in [3.05, 3.63) is 97.2 Å². The number of nitrogens with one attached hydrogen (secondary N) is 2. The molecule has 2 N–H and O–H groups in total. The second-order valence-corrected chi connectivity index (χ2v) is 10.8. The Morgan fingerprint density at radius 1 is 0.947 bits per heavy atom. The van der Waals surface area contributed by atoms with Gasteiger partial charge in [0.15, 0.2) is 10.7 Å². The van der Waals surface area contributed by atoms with E-state index < -0.39 is 5.91 Å². The molecule has 0 unspecified atom stereocenters. The van der Waals surface area contributed by atoms with Gasteiger partial charge in [-0.1, -0.05) is 40.9 Å². The van der Waals surface area contributed by atoms with Crippen molar-refractivity contribution >= 4 is 103 Å². The van der Waals surface area contributed by atoms with E-state index in [9.17, 15) is 4.79 Å². The van der Waals surface area contributed by atoms with Gasteiger partial charge in [-0.2, -0.15) is 0 Å². The maximum atomic E-state index is 12.4. The lowest BCUT2D eigenvalue weighted by Gasteiger charge is -2.07. The predicted octanol–water partition coefficient (Wildman–Crippen LogP) is 8.85. The highest BCUT2D eigenvalue weighted by Gasteiger charge is 2.14. The predicted molar refractivity (Wildman–Crippen MR) is 165 cm³/mol. The highest BCUT2D eigenvalue weighted by Crippen LogP contribution is 2.35. The zero-order chi connectivity index (χ0) is 26.8. The van der Waals surface area contributed by atoms with E-state index in [1.165, 1.54) is 12.2 Å². The van der Waals surface area contributed by atoms with E-state index in [1.807, 2.05) is 12.1 Å². The largest absolute Gasteiger partial charge is 0.457 e. The van der Waals surface area contributed by atoms with Crippen LogP contribution in [0.15, 0.2) is 81.6 Å². The van der Waals surface area contributed by atoms with Gasteiger partial charge in [0, 0.05) is 20.9 Å². The summed E-state index contributed by atoms with van der Waals surface area (Å²) in [7, 11) is 0. The zero-order valence-corrected chi connectivity index (χ0v) is 24.3. The molecule has 0 fully saturated rings. The number of hydrogen-bond donors (Lipinski definition) is 2. The Bertz CT molecular complexity index is 1730. The van der Waals surface area contributed by atoms with Gasteiger partial charge in [0.1, 0.15) is 17.0 Å². The van der Waals surface area contributed by atoms with E-state index in [-0.39, 0.29) is 5.11 Å². The van der Waals surface area contributed by atoms with E-state index in [4.69, 9.17) is 55.9 Å². The molecule has 5 rings (SSSR count). The summed E-state index contributed by atoms with van der Waals surface area (Å²) in [5.41, 5.74) is 3.21. The quantitative estimate of drug-likeness (QED) is 0.109. The molecule has 2 aromatic heterocycles. The van der Waals surface area contributed by atoms with Crippen LogP contribution in [-0.2, 0) is 4.79 Å². The first-order valence-electron chi connectivity index (χ1n) is 11.0. The number of fused-ring (bicyclic) bond motifs is 1. The summed E-state index contributed by atoms with van der Waals surface area (Å²) in [6, 6.07) is 19.7. The number of amides is 1. The average molecular weight is 695 g/mol. The lowest BCUT2D eigenvalue weighted by atomic mass is 10.2. The number of anilines is 1. The fourth-order valence-electron chi connectivity index (χ4n) is 3.54. The second-order valence-electron chi connectivity index (χ2n) is 7.91. The maximum Gasteiger partial charge on any atom is 0.250 e. The van der Waals surface area contributed by atoms with Crippen LogP contribution in [0.25, 0.3) is 40.0 Å². The van der Waals surface area contributed by atoms with Gasteiger partial charge in [0.2, 0.25) is 11.8 Å². The molecule has 190 valence electrons. The van der Waals surface area contributed by atoms with Crippen LogP contribution in [-0.4, -0.2) is 16.0 Å². The molecular formula is C27H15Cl3IN3O3S. The molecule has 3 aromatic carbocycles. The molecule has 0 radical (unpaired) electrons. The molecule has 0 aliphatic heterocycles. The van der Waals surface area contributed by atoms with Crippen LogP contribution in [0, 0.1) is 3.57 Å². The molecule has 1 amide bonds. The van der Waals surface area contributed by atoms with Crippen molar-refractivity contribution in [1.29, 1.82) is 0 Å². The van der Waals surface area contributed by atoms with Crippen molar-refractivity contribution < 1.29 is 13.6 Å². The minimum absolute atomic E-state index is 0.120. The fourth-order valence-corrected chi connectivity index (χ4v) is 4.84. The van der Waals surface area contributed by atoms with Crippen LogP contribution in [0.2, 0.25) is 15.1 Å². The molecule has 11 heteroatoms. The average Bonchev–Trinajstić information content (AvgIpc) is 3.53. The smallest absolute Gasteiger partial charge is 0.250 e. The molecule has 0 atom stereocenters. The van der Waals surface area contributed by atoms with Crippen molar-refractivity contribution in [3.8, 4) is 22.8 Å². The number of carbonyl (C=O) groups excluding carboxylic acids is 1. The van der Waals surface area contributed by atoms with Crippen LogP contribution >= 0.6 is 69.6 Å². The number of benzene rings is 3. The summed E-state index contributed by atoms with van der Waals surface area (Å²) >= 11 is 26.1. The minimum Gasteiger partial charge on any atom is -0.457 e. The van der Waals surface area contributed by atoms with E-state index in [2.05, 4.69) is 38.2 Å². The van der Waals surface area contributed by atoms with Crippen molar-refractivity contribution in [2.45, 2.75) is 0 Å². The normalized spacial score (nSPS) is 11.3. The number of halogens is 4. The van der Waals surface area contributed by atoms with Crippen molar-refractivity contribution in [1.82, 2.24) is 10.3 Å². The number of thiocarbonyl (C=S) groups is 1. The Kier molecular flexibility index (Phi) is 8.06. The molecule has 2 heterocycles. The van der Waals surface area contributed by atoms with Crippen molar-refractivity contribution in [2.75, 3.05) is 5.32 Å².